The van der Waals surface area contributed by atoms with Crippen molar-refractivity contribution in [1.82, 2.24) is 19.6 Å². The monoisotopic (exact) mass is 378 g/mol. The first-order valence-electron chi connectivity index (χ1n) is 8.56. The maximum Gasteiger partial charge on any atom is 0.353 e. The first kappa shape index (κ1) is 18.8. The molecule has 0 atom stereocenters. The highest BCUT2D eigenvalue weighted by Gasteiger charge is 2.21. The molecule has 3 aromatic rings. The van der Waals surface area contributed by atoms with E-state index in [0.717, 1.165) is 15.8 Å². The third kappa shape index (κ3) is 3.61. The number of carbonyl (C=O) groups excluding carboxylic acids is 2. The molecule has 2 aromatic carbocycles. The first-order valence-corrected chi connectivity index (χ1v) is 8.56. The molecule has 0 aliphatic rings. The lowest BCUT2D eigenvalue weighted by atomic mass is 10.1. The Morgan fingerprint density at radius 1 is 0.893 bits per heavy atom. The Balaban J connectivity index is 2.20. The quantitative estimate of drug-likeness (QED) is 0.636. The summed E-state index contributed by atoms with van der Waals surface area (Å²) >= 11 is 0. The molecule has 0 saturated heterocycles. The van der Waals surface area contributed by atoms with E-state index < -0.39 is 12.1 Å². The number of anilines is 2. The zero-order chi connectivity index (χ0) is 20.4. The lowest BCUT2D eigenvalue weighted by Gasteiger charge is -2.25. The summed E-state index contributed by atoms with van der Waals surface area (Å²) in [7, 11) is 0. The van der Waals surface area contributed by atoms with Crippen molar-refractivity contribution in [3.05, 3.63) is 70.6 Å². The maximum absolute atomic E-state index is 13.5. The van der Waals surface area contributed by atoms with Crippen LogP contribution in [0.1, 0.15) is 11.1 Å². The van der Waals surface area contributed by atoms with Crippen LogP contribution in [0.5, 0.6) is 0 Å². The Kier molecular flexibility index (Phi) is 4.95. The van der Waals surface area contributed by atoms with Gasteiger partial charge in [0.2, 0.25) is 0 Å². The van der Waals surface area contributed by atoms with E-state index in [2.05, 4.69) is 23.4 Å². The Bertz CT molecular complexity index is 1150. The summed E-state index contributed by atoms with van der Waals surface area (Å²) in [6.07, 6.45) is 0. The third-order valence-corrected chi connectivity index (χ3v) is 4.14. The second-order valence-corrected chi connectivity index (χ2v) is 6.42. The summed E-state index contributed by atoms with van der Waals surface area (Å²) in [4.78, 5) is 26.5. The molecule has 0 aliphatic heterocycles. The van der Waals surface area contributed by atoms with Crippen molar-refractivity contribution >= 4 is 36.6 Å². The van der Waals surface area contributed by atoms with Gasteiger partial charge < -0.3 is 5.73 Å². The van der Waals surface area contributed by atoms with Gasteiger partial charge in [0.25, 0.3) is 0 Å². The van der Waals surface area contributed by atoms with E-state index in [0.29, 0.717) is 11.4 Å². The maximum atomic E-state index is 13.5. The Hall–Kier alpha value is -3.94. The van der Waals surface area contributed by atoms with Gasteiger partial charge in [-0.25, -0.2) is 9.59 Å². The van der Waals surface area contributed by atoms with Crippen LogP contribution < -0.4 is 21.6 Å². The molecular formula is C20H22N6O2. The smallest absolute Gasteiger partial charge is 0.350 e. The van der Waals surface area contributed by atoms with Crippen LogP contribution in [-0.2, 0) is 0 Å². The molecule has 0 bridgehead atoms. The summed E-state index contributed by atoms with van der Waals surface area (Å²) < 4.78 is 2.14. The van der Waals surface area contributed by atoms with Gasteiger partial charge in [0.15, 0.2) is 0 Å². The molecule has 0 radical (unpaired) electrons. The first-order chi connectivity index (χ1) is 13.3. The zero-order valence-electron chi connectivity index (χ0n) is 15.8. The molecule has 2 amide bonds. The van der Waals surface area contributed by atoms with Crippen molar-refractivity contribution in [1.29, 1.82) is 0 Å². The van der Waals surface area contributed by atoms with Gasteiger partial charge in [-0.15, -0.1) is 0 Å². The fraction of sp³-hybridized carbons (Fsp3) is 0.100. The van der Waals surface area contributed by atoms with Gasteiger partial charge in [0.05, 0.1) is 11.4 Å². The second-order valence-electron chi connectivity index (χ2n) is 6.42. The highest BCUT2D eigenvalue weighted by molar-refractivity contribution is 6.00. The Morgan fingerprint density at radius 3 is 1.82 bits per heavy atom. The van der Waals surface area contributed by atoms with Crippen LogP contribution in [0.25, 0.3) is 13.2 Å². The molecule has 8 nitrogen and oxygen atoms in total. The standard InChI is InChI=1S/C20H22N6O2/c1-13-7-5-9-17(11-13)24(18-10-6-8-14(2)12-18)20(28)26-16(4)22-25(19(21)27)15(3)23-26/h5-12,22-23H,3-4H2,1-2H3,(H2,21,27). The van der Waals surface area contributed by atoms with E-state index in [-0.39, 0.29) is 11.0 Å². The van der Waals surface area contributed by atoms with Crippen molar-refractivity contribution in [2.24, 2.45) is 5.73 Å². The molecule has 8 heteroatoms. The summed E-state index contributed by atoms with van der Waals surface area (Å²) in [5, 5.41) is 5.42. The second kappa shape index (κ2) is 7.36. The molecule has 3 rings (SSSR count). The topological polar surface area (TPSA) is 105 Å². The van der Waals surface area contributed by atoms with Gasteiger partial charge in [-0.1, -0.05) is 37.4 Å². The summed E-state index contributed by atoms with van der Waals surface area (Å²) in [6, 6.07) is 14.0. The van der Waals surface area contributed by atoms with E-state index in [1.165, 1.54) is 4.68 Å². The highest BCUT2D eigenvalue weighted by Crippen LogP contribution is 2.27. The summed E-state index contributed by atoms with van der Waals surface area (Å²) in [5.74, 6) is 0. The van der Waals surface area contributed by atoms with Gasteiger partial charge in [0, 0.05) is 0 Å². The van der Waals surface area contributed by atoms with Gasteiger partial charge in [-0.2, -0.15) is 9.36 Å². The van der Waals surface area contributed by atoms with Gasteiger partial charge in [0.1, 0.15) is 11.0 Å². The van der Waals surface area contributed by atoms with Crippen LogP contribution in [0, 0.1) is 13.8 Å². The van der Waals surface area contributed by atoms with Crippen LogP contribution in [0.3, 0.4) is 0 Å². The minimum Gasteiger partial charge on any atom is -0.350 e. The average molecular weight is 378 g/mol. The largest absolute Gasteiger partial charge is 0.353 e. The number of nitrogens with two attached hydrogens (primary N) is 1. The molecule has 1 heterocycles. The van der Waals surface area contributed by atoms with Crippen LogP contribution in [0.15, 0.2) is 48.5 Å². The summed E-state index contributed by atoms with van der Waals surface area (Å²) in [6.45, 7) is 11.4. The molecule has 0 unspecified atom stereocenters. The molecule has 28 heavy (non-hydrogen) atoms. The van der Waals surface area contributed by atoms with E-state index >= 15 is 0 Å². The fourth-order valence-corrected chi connectivity index (χ4v) is 2.85. The molecule has 144 valence electrons. The number of nitrogens with one attached hydrogen (secondary N) is 2. The van der Waals surface area contributed by atoms with Crippen molar-refractivity contribution in [2.45, 2.75) is 13.8 Å². The van der Waals surface area contributed by atoms with Gasteiger partial charge in [-0.3, -0.25) is 15.1 Å². The lowest BCUT2D eigenvalue weighted by Crippen LogP contribution is -2.49. The van der Waals surface area contributed by atoms with E-state index in [4.69, 9.17) is 5.73 Å². The number of hydrogen-bond donors (Lipinski definition) is 3. The predicted octanol–water partition coefficient (Wildman–Crippen LogP) is 2.24. The van der Waals surface area contributed by atoms with Crippen LogP contribution in [0.2, 0.25) is 0 Å². The number of H-pyrrole nitrogens is 2. The molecule has 0 spiro atoms. The molecular weight excluding hydrogens is 356 g/mol. The van der Waals surface area contributed by atoms with Crippen LogP contribution in [0.4, 0.5) is 21.0 Å². The number of rotatable bonds is 2. The van der Waals surface area contributed by atoms with Crippen molar-refractivity contribution in [2.75, 3.05) is 4.90 Å². The van der Waals surface area contributed by atoms with Crippen LogP contribution in [-0.4, -0.2) is 31.6 Å². The minimum absolute atomic E-state index is 0.0988. The minimum atomic E-state index is -0.778. The lowest BCUT2D eigenvalue weighted by molar-refractivity contribution is 0.239. The van der Waals surface area contributed by atoms with Crippen LogP contribution >= 0.6 is 0 Å². The number of amides is 2. The number of benzene rings is 2. The number of hydrogen-bond acceptors (Lipinski definition) is 2. The number of carbonyl (C=O) groups is 2. The fourth-order valence-electron chi connectivity index (χ4n) is 2.85. The van der Waals surface area contributed by atoms with Gasteiger partial charge in [-0.05, 0) is 49.2 Å². The van der Waals surface area contributed by atoms with E-state index in [9.17, 15) is 9.59 Å². The predicted molar refractivity (Wildman–Crippen MR) is 109 cm³/mol. The SMILES string of the molecule is C=c1[nH]n(C(=O)N(c2cccc(C)c2)c2cccc(C)c2)c(=C)[nH]n1C(N)=O. The Morgan fingerprint density at radius 2 is 1.36 bits per heavy atom. The van der Waals surface area contributed by atoms with Crippen molar-refractivity contribution < 1.29 is 9.59 Å². The van der Waals surface area contributed by atoms with Crippen molar-refractivity contribution in [3.8, 4) is 0 Å². The third-order valence-electron chi connectivity index (χ3n) is 4.14. The summed E-state index contributed by atoms with van der Waals surface area (Å²) in [5.41, 5.74) is 8.91. The Labute approximate surface area is 161 Å². The number of nitrogens with zero attached hydrogens (tertiary/aromatic N) is 3. The molecule has 0 fully saturated rings. The zero-order valence-corrected chi connectivity index (χ0v) is 15.8. The molecule has 1 aromatic heterocycles. The van der Waals surface area contributed by atoms with E-state index in [1.54, 1.807) is 4.90 Å². The highest BCUT2D eigenvalue weighted by atomic mass is 16.2. The molecule has 0 aliphatic carbocycles. The normalized spacial score (nSPS) is 10.5. The number of primary amides is 1. The molecule has 4 N–H and O–H groups in total. The van der Waals surface area contributed by atoms with E-state index in [1.807, 2.05) is 62.4 Å². The average Bonchev–Trinajstić information content (AvgIpc) is 2.63. The number of aromatic nitrogens is 4. The van der Waals surface area contributed by atoms with Crippen molar-refractivity contribution in [3.63, 3.8) is 0 Å². The number of aryl methyl sites for hydroxylation is 2. The molecule has 0 saturated carbocycles. The number of aromatic amines is 2. The van der Waals surface area contributed by atoms with Gasteiger partial charge >= 0.3 is 12.1 Å².